The Morgan fingerprint density at radius 1 is 1.03 bits per heavy atom. The number of ether oxygens (including phenoxy) is 1. The molecule has 32 heavy (non-hydrogen) atoms. The molecule has 164 valence electrons. The molecule has 2 amide bonds. The number of anilines is 1. The molecule has 1 aliphatic rings. The van der Waals surface area contributed by atoms with Gasteiger partial charge in [0.05, 0.1) is 11.3 Å². The van der Waals surface area contributed by atoms with Crippen molar-refractivity contribution in [2.45, 2.75) is 45.3 Å². The van der Waals surface area contributed by atoms with Gasteiger partial charge in [0.2, 0.25) is 5.88 Å². The van der Waals surface area contributed by atoms with Crippen LogP contribution in [0.15, 0.2) is 61.1 Å². The average Bonchev–Trinajstić information content (AvgIpc) is 3.33. The number of hydrogen-bond acceptors (Lipinski definition) is 5. The molecule has 0 aliphatic heterocycles. The van der Waals surface area contributed by atoms with Crippen molar-refractivity contribution in [2.75, 3.05) is 5.32 Å². The largest absolute Gasteiger partial charge is 0.474 e. The summed E-state index contributed by atoms with van der Waals surface area (Å²) < 4.78 is 5.88. The number of benzene rings is 1. The van der Waals surface area contributed by atoms with E-state index in [9.17, 15) is 9.59 Å². The van der Waals surface area contributed by atoms with Crippen molar-refractivity contribution >= 4 is 17.5 Å². The summed E-state index contributed by atoms with van der Waals surface area (Å²) in [5.41, 5.74) is 3.04. The Morgan fingerprint density at radius 2 is 1.81 bits per heavy atom. The van der Waals surface area contributed by atoms with E-state index >= 15 is 0 Å². The van der Waals surface area contributed by atoms with E-state index in [1.54, 1.807) is 42.9 Å². The Morgan fingerprint density at radius 3 is 2.53 bits per heavy atom. The molecule has 2 N–H and O–H groups in total. The van der Waals surface area contributed by atoms with Crippen LogP contribution in [-0.4, -0.2) is 27.9 Å². The SMILES string of the molecule is Cc1cccc(C(=O)NCc2ccc(OC3CCCC3)nc2)c1NC(=O)c1ccncc1. The lowest BCUT2D eigenvalue weighted by molar-refractivity contribution is 0.0951. The van der Waals surface area contributed by atoms with Gasteiger partial charge >= 0.3 is 0 Å². The van der Waals surface area contributed by atoms with Crippen molar-refractivity contribution in [3.63, 3.8) is 0 Å². The Labute approximate surface area is 187 Å². The zero-order valence-corrected chi connectivity index (χ0v) is 18.0. The molecule has 0 bridgehead atoms. The molecule has 3 aromatic rings. The summed E-state index contributed by atoms with van der Waals surface area (Å²) in [6.45, 7) is 2.17. The summed E-state index contributed by atoms with van der Waals surface area (Å²) in [4.78, 5) is 33.8. The molecule has 0 saturated heterocycles. The van der Waals surface area contributed by atoms with E-state index in [0.717, 1.165) is 24.0 Å². The van der Waals surface area contributed by atoms with Crippen LogP contribution in [0.4, 0.5) is 5.69 Å². The fourth-order valence-electron chi connectivity index (χ4n) is 3.75. The van der Waals surface area contributed by atoms with Crippen molar-refractivity contribution < 1.29 is 14.3 Å². The third-order valence-electron chi connectivity index (χ3n) is 5.54. The minimum absolute atomic E-state index is 0.259. The number of carbonyl (C=O) groups is 2. The maximum atomic E-state index is 12.9. The number of amides is 2. The van der Waals surface area contributed by atoms with Gasteiger partial charge in [0.15, 0.2) is 0 Å². The Bertz CT molecular complexity index is 1080. The van der Waals surface area contributed by atoms with E-state index < -0.39 is 0 Å². The first-order valence-electron chi connectivity index (χ1n) is 10.8. The molecule has 0 radical (unpaired) electrons. The number of para-hydroxylation sites is 1. The second-order valence-electron chi connectivity index (χ2n) is 7.90. The van der Waals surface area contributed by atoms with E-state index in [1.807, 2.05) is 25.1 Å². The number of nitrogens with zero attached hydrogens (tertiary/aromatic N) is 2. The molecule has 1 saturated carbocycles. The first-order chi connectivity index (χ1) is 15.6. The molecule has 7 nitrogen and oxygen atoms in total. The highest BCUT2D eigenvalue weighted by molar-refractivity contribution is 6.09. The topological polar surface area (TPSA) is 93.2 Å². The molecule has 0 spiro atoms. The van der Waals surface area contributed by atoms with Crippen LogP contribution in [0.3, 0.4) is 0 Å². The van der Waals surface area contributed by atoms with Crippen LogP contribution in [0, 0.1) is 6.92 Å². The Kier molecular flexibility index (Phi) is 6.75. The lowest BCUT2D eigenvalue weighted by atomic mass is 10.1. The van der Waals surface area contributed by atoms with Gasteiger partial charge in [0, 0.05) is 36.8 Å². The lowest BCUT2D eigenvalue weighted by Crippen LogP contribution is -2.25. The molecular weight excluding hydrogens is 404 g/mol. The number of rotatable bonds is 7. The molecule has 4 rings (SSSR count). The molecule has 0 unspecified atom stereocenters. The second-order valence-corrected chi connectivity index (χ2v) is 7.90. The predicted octanol–water partition coefficient (Wildman–Crippen LogP) is 4.29. The van der Waals surface area contributed by atoms with E-state index in [-0.39, 0.29) is 17.9 Å². The third kappa shape index (κ3) is 5.29. The number of pyridine rings is 2. The van der Waals surface area contributed by atoms with Crippen LogP contribution >= 0.6 is 0 Å². The highest BCUT2D eigenvalue weighted by atomic mass is 16.5. The first kappa shape index (κ1) is 21.5. The normalized spacial score (nSPS) is 13.5. The maximum Gasteiger partial charge on any atom is 0.255 e. The number of nitrogens with one attached hydrogen (secondary N) is 2. The van der Waals surface area contributed by atoms with Crippen molar-refractivity contribution in [3.05, 3.63) is 83.3 Å². The third-order valence-corrected chi connectivity index (χ3v) is 5.54. The summed E-state index contributed by atoms with van der Waals surface area (Å²) in [5.74, 6) is 0.0505. The van der Waals surface area contributed by atoms with Crippen LogP contribution in [0.5, 0.6) is 5.88 Å². The highest BCUT2D eigenvalue weighted by Crippen LogP contribution is 2.23. The summed E-state index contributed by atoms with van der Waals surface area (Å²) >= 11 is 0. The van der Waals surface area contributed by atoms with Gasteiger partial charge in [-0.2, -0.15) is 0 Å². The fraction of sp³-hybridized carbons (Fsp3) is 0.280. The quantitative estimate of drug-likeness (QED) is 0.583. The number of carbonyl (C=O) groups excluding carboxylic acids is 2. The molecule has 1 aromatic carbocycles. The molecule has 2 aromatic heterocycles. The standard InChI is InChI=1S/C25H26N4O3/c1-17-5-4-8-21(23(17)29-24(30)19-11-13-26-14-12-19)25(31)28-16-18-9-10-22(27-15-18)32-20-6-2-3-7-20/h4-5,8-15,20H,2-3,6-7,16H2,1H3,(H,28,31)(H,29,30). The number of aromatic nitrogens is 2. The van der Waals surface area contributed by atoms with E-state index in [4.69, 9.17) is 4.74 Å². The van der Waals surface area contributed by atoms with E-state index in [2.05, 4.69) is 20.6 Å². The van der Waals surface area contributed by atoms with Crippen molar-refractivity contribution in [1.29, 1.82) is 0 Å². The van der Waals surface area contributed by atoms with Gasteiger partial charge < -0.3 is 15.4 Å². The summed E-state index contributed by atoms with van der Waals surface area (Å²) in [7, 11) is 0. The van der Waals surface area contributed by atoms with Crippen molar-refractivity contribution in [3.8, 4) is 5.88 Å². The Hall–Kier alpha value is -3.74. The Balaban J connectivity index is 1.40. The summed E-state index contributed by atoms with van der Waals surface area (Å²) in [6.07, 6.45) is 9.66. The van der Waals surface area contributed by atoms with Crippen molar-refractivity contribution in [1.82, 2.24) is 15.3 Å². The van der Waals surface area contributed by atoms with Crippen LogP contribution in [-0.2, 0) is 6.54 Å². The van der Waals surface area contributed by atoms with Crippen LogP contribution in [0.25, 0.3) is 0 Å². The fourth-order valence-corrected chi connectivity index (χ4v) is 3.75. The van der Waals surface area contributed by atoms with Crippen LogP contribution in [0.1, 0.15) is 57.5 Å². The monoisotopic (exact) mass is 430 g/mol. The molecular formula is C25H26N4O3. The second kappa shape index (κ2) is 10.0. The van der Waals surface area contributed by atoms with Crippen LogP contribution in [0.2, 0.25) is 0 Å². The minimum atomic E-state index is -0.294. The average molecular weight is 431 g/mol. The van der Waals surface area contributed by atoms with Gasteiger partial charge in [-0.15, -0.1) is 0 Å². The molecule has 2 heterocycles. The summed E-state index contributed by atoms with van der Waals surface area (Å²) in [5, 5.41) is 5.77. The van der Waals surface area contributed by atoms with Gasteiger partial charge in [0.1, 0.15) is 6.10 Å². The molecule has 1 fully saturated rings. The molecule has 0 atom stereocenters. The maximum absolute atomic E-state index is 12.9. The van der Waals surface area contributed by atoms with Crippen LogP contribution < -0.4 is 15.4 Å². The number of hydrogen-bond donors (Lipinski definition) is 2. The molecule has 7 heteroatoms. The van der Waals surface area contributed by atoms with E-state index in [0.29, 0.717) is 29.2 Å². The van der Waals surface area contributed by atoms with Crippen molar-refractivity contribution in [2.24, 2.45) is 0 Å². The predicted molar refractivity (Wildman–Crippen MR) is 122 cm³/mol. The minimum Gasteiger partial charge on any atom is -0.474 e. The smallest absolute Gasteiger partial charge is 0.255 e. The van der Waals surface area contributed by atoms with Gasteiger partial charge in [0.25, 0.3) is 11.8 Å². The highest BCUT2D eigenvalue weighted by Gasteiger charge is 2.18. The van der Waals surface area contributed by atoms with E-state index in [1.165, 1.54) is 12.8 Å². The first-order valence-corrected chi connectivity index (χ1v) is 10.8. The number of aryl methyl sites for hydroxylation is 1. The van der Waals surface area contributed by atoms with Gasteiger partial charge in [-0.3, -0.25) is 14.6 Å². The van der Waals surface area contributed by atoms with Gasteiger partial charge in [-0.05, 0) is 61.9 Å². The summed E-state index contributed by atoms with van der Waals surface area (Å²) in [6, 6.07) is 12.3. The zero-order valence-electron chi connectivity index (χ0n) is 18.0. The molecule has 1 aliphatic carbocycles. The zero-order chi connectivity index (χ0) is 22.3. The lowest BCUT2D eigenvalue weighted by Gasteiger charge is -2.14. The van der Waals surface area contributed by atoms with Gasteiger partial charge in [-0.1, -0.05) is 18.2 Å². The van der Waals surface area contributed by atoms with Gasteiger partial charge in [-0.25, -0.2) is 4.98 Å².